The van der Waals surface area contributed by atoms with Crippen molar-refractivity contribution < 1.29 is 14.0 Å². The normalized spacial score (nSPS) is 12.0. The summed E-state index contributed by atoms with van der Waals surface area (Å²) in [7, 11) is -2.44. The Bertz CT molecular complexity index is 88.2. The minimum atomic E-state index is -2.44. The predicted octanol–water partition coefficient (Wildman–Crippen LogP) is 1.19. The van der Waals surface area contributed by atoms with E-state index in [2.05, 4.69) is 4.52 Å². The van der Waals surface area contributed by atoms with E-state index in [0.717, 1.165) is 0 Å². The zero-order chi connectivity index (χ0) is 5.70. The van der Waals surface area contributed by atoms with Gasteiger partial charge in [-0.15, -0.1) is 4.89 Å². The van der Waals surface area contributed by atoms with E-state index < -0.39 is 8.25 Å². The smallest absolute Gasteiger partial charge is 0.238 e. The molecule has 0 aromatic rings. The van der Waals surface area contributed by atoms with E-state index >= 15 is 0 Å². The summed E-state index contributed by atoms with van der Waals surface area (Å²) in [5.41, 5.74) is 0. The molecule has 0 aliphatic carbocycles. The molecule has 0 saturated heterocycles. The van der Waals surface area contributed by atoms with Crippen LogP contribution in [0.2, 0.25) is 0 Å². The highest BCUT2D eigenvalue weighted by atomic mass is 31.1. The summed E-state index contributed by atoms with van der Waals surface area (Å²) in [6, 6.07) is 0. The number of hydrogen-bond donors (Lipinski definition) is 1. The molecule has 0 amide bonds. The third-order valence-electron chi connectivity index (χ3n) is 0.287. The highest BCUT2D eigenvalue weighted by Crippen LogP contribution is 2.13. The fourth-order valence-corrected chi connectivity index (χ4v) is 0.339. The average molecular weight is 121 g/mol. The van der Waals surface area contributed by atoms with Crippen molar-refractivity contribution >= 4 is 8.25 Å². The molecular weight excluding hydrogens is 115 g/mol. The third kappa shape index (κ3) is 5.60. The lowest BCUT2D eigenvalue weighted by molar-refractivity contribution is 0.377. The topological polar surface area (TPSA) is 46.5 Å². The summed E-state index contributed by atoms with van der Waals surface area (Å²) < 4.78 is 13.7. The van der Waals surface area contributed by atoms with Crippen molar-refractivity contribution in [2.24, 2.45) is 0 Å². The molecule has 0 saturated carbocycles. The fourth-order valence-electron chi connectivity index (χ4n) is 0.113. The molecule has 0 heterocycles. The molecular formula is C3H6O3P+. The van der Waals surface area contributed by atoms with Crippen molar-refractivity contribution in [3.8, 4) is 0 Å². The molecule has 0 aliphatic heterocycles. The fraction of sp³-hybridized carbons (Fsp3) is 0.333. The Labute approximate surface area is 42.6 Å². The van der Waals surface area contributed by atoms with Crippen LogP contribution in [0.1, 0.15) is 6.92 Å². The van der Waals surface area contributed by atoms with Gasteiger partial charge in [0.25, 0.3) is 0 Å². The van der Waals surface area contributed by atoms with Crippen molar-refractivity contribution in [2.45, 2.75) is 6.92 Å². The first-order valence-electron chi connectivity index (χ1n) is 1.71. The summed E-state index contributed by atoms with van der Waals surface area (Å²) in [6.45, 7) is 1.69. The molecule has 0 rings (SSSR count). The first kappa shape index (κ1) is 6.60. The molecule has 1 N–H and O–H groups in total. The molecule has 0 aromatic carbocycles. The van der Waals surface area contributed by atoms with E-state index in [1.54, 1.807) is 6.92 Å². The molecule has 40 valence electrons. The summed E-state index contributed by atoms with van der Waals surface area (Å²) >= 11 is 0. The quantitative estimate of drug-likeness (QED) is 0.440. The Hall–Kier alpha value is -0.400. The van der Waals surface area contributed by atoms with Crippen molar-refractivity contribution in [2.75, 3.05) is 0 Å². The molecule has 0 bridgehead atoms. The van der Waals surface area contributed by atoms with Gasteiger partial charge in [-0.1, -0.05) is 0 Å². The molecule has 7 heavy (non-hydrogen) atoms. The first-order valence-corrected chi connectivity index (χ1v) is 2.84. The third-order valence-corrected chi connectivity index (χ3v) is 0.589. The van der Waals surface area contributed by atoms with Crippen LogP contribution in [0.25, 0.3) is 0 Å². The van der Waals surface area contributed by atoms with Crippen LogP contribution in [0, 0.1) is 0 Å². The maximum absolute atomic E-state index is 9.63. The highest BCUT2D eigenvalue weighted by Gasteiger charge is 2.05. The maximum atomic E-state index is 9.63. The van der Waals surface area contributed by atoms with Gasteiger partial charge in [0.15, 0.2) is 0 Å². The second-order valence-electron chi connectivity index (χ2n) is 0.813. The largest absolute Gasteiger partial charge is 0.746 e. The highest BCUT2D eigenvalue weighted by molar-refractivity contribution is 7.32. The summed E-state index contributed by atoms with van der Waals surface area (Å²) in [5, 5.41) is 0. The van der Waals surface area contributed by atoms with Gasteiger partial charge in [-0.3, -0.25) is 0 Å². The van der Waals surface area contributed by atoms with E-state index in [0.29, 0.717) is 0 Å². The molecule has 0 fully saturated rings. The molecule has 0 aromatic heterocycles. The average Bonchev–Trinajstić information content (AvgIpc) is 1.61. The zero-order valence-electron chi connectivity index (χ0n) is 3.87. The van der Waals surface area contributed by atoms with E-state index in [-0.39, 0.29) is 0 Å². The van der Waals surface area contributed by atoms with Gasteiger partial charge in [-0.25, -0.2) is 4.52 Å². The van der Waals surface area contributed by atoms with Gasteiger partial charge in [-0.2, -0.15) is 0 Å². The van der Waals surface area contributed by atoms with E-state index in [9.17, 15) is 4.57 Å². The lowest BCUT2D eigenvalue weighted by Gasteiger charge is -1.67. The van der Waals surface area contributed by atoms with Crippen molar-refractivity contribution in [1.82, 2.24) is 0 Å². The standard InChI is InChI=1S/C3H5O3P/c1-2-3-6-7(4)5/h2-3H,1H3/p+1. The van der Waals surface area contributed by atoms with Crippen molar-refractivity contribution in [3.63, 3.8) is 0 Å². The number of hydrogen-bond acceptors (Lipinski definition) is 2. The predicted molar refractivity (Wildman–Crippen MR) is 25.7 cm³/mol. The Morgan fingerprint density at radius 1 is 1.86 bits per heavy atom. The Kier molecular flexibility index (Phi) is 3.56. The van der Waals surface area contributed by atoms with Gasteiger partial charge < -0.3 is 0 Å². The summed E-state index contributed by atoms with van der Waals surface area (Å²) in [4.78, 5) is 7.92. The van der Waals surface area contributed by atoms with E-state index in [1.165, 1.54) is 12.3 Å². The minimum Gasteiger partial charge on any atom is -0.238 e. The minimum absolute atomic E-state index is 1.17. The number of rotatable bonds is 2. The summed E-state index contributed by atoms with van der Waals surface area (Å²) in [6.07, 6.45) is 2.70. The van der Waals surface area contributed by atoms with Gasteiger partial charge in [0.1, 0.15) is 6.26 Å². The van der Waals surface area contributed by atoms with Gasteiger partial charge in [0, 0.05) is 4.57 Å². The van der Waals surface area contributed by atoms with Crippen LogP contribution in [0.15, 0.2) is 12.3 Å². The second-order valence-corrected chi connectivity index (χ2v) is 1.50. The van der Waals surface area contributed by atoms with E-state index in [4.69, 9.17) is 4.89 Å². The lowest BCUT2D eigenvalue weighted by atomic mass is 10.8. The van der Waals surface area contributed by atoms with Crippen LogP contribution < -0.4 is 0 Å². The Balaban J connectivity index is 3.14. The molecule has 0 radical (unpaired) electrons. The van der Waals surface area contributed by atoms with Crippen LogP contribution in [-0.4, -0.2) is 4.89 Å². The molecule has 1 unspecified atom stereocenters. The van der Waals surface area contributed by atoms with Gasteiger partial charge in [0.05, 0.1) is 0 Å². The van der Waals surface area contributed by atoms with Gasteiger partial charge in [-0.05, 0) is 13.0 Å². The van der Waals surface area contributed by atoms with Crippen LogP contribution in [0.3, 0.4) is 0 Å². The van der Waals surface area contributed by atoms with Gasteiger partial charge in [0.2, 0.25) is 0 Å². The summed E-state index contributed by atoms with van der Waals surface area (Å²) in [5.74, 6) is 0. The zero-order valence-corrected chi connectivity index (χ0v) is 4.76. The lowest BCUT2D eigenvalue weighted by Crippen LogP contribution is -1.58. The molecule has 0 spiro atoms. The van der Waals surface area contributed by atoms with Crippen molar-refractivity contribution in [3.05, 3.63) is 12.3 Å². The van der Waals surface area contributed by atoms with Gasteiger partial charge >= 0.3 is 8.25 Å². The van der Waals surface area contributed by atoms with Crippen LogP contribution in [0.4, 0.5) is 0 Å². The first-order chi connectivity index (χ1) is 3.27. The SMILES string of the molecule is CC=CO[P+](=O)O. The Morgan fingerprint density at radius 2 is 2.43 bits per heavy atom. The monoisotopic (exact) mass is 121 g/mol. The van der Waals surface area contributed by atoms with Crippen LogP contribution >= 0.6 is 8.25 Å². The molecule has 0 aliphatic rings. The Morgan fingerprint density at radius 3 is 2.57 bits per heavy atom. The van der Waals surface area contributed by atoms with Crippen molar-refractivity contribution in [1.29, 1.82) is 0 Å². The second kappa shape index (κ2) is 3.78. The molecule has 4 heteroatoms. The molecule has 1 atom stereocenters. The molecule has 3 nitrogen and oxygen atoms in total. The van der Waals surface area contributed by atoms with Crippen LogP contribution in [-0.2, 0) is 9.09 Å². The van der Waals surface area contributed by atoms with Crippen LogP contribution in [0.5, 0.6) is 0 Å². The maximum Gasteiger partial charge on any atom is 0.746 e. The number of allylic oxidation sites excluding steroid dienone is 1. The van der Waals surface area contributed by atoms with E-state index in [1.807, 2.05) is 0 Å².